The van der Waals surface area contributed by atoms with Crippen molar-refractivity contribution in [3.63, 3.8) is 0 Å². The molecular formula is C23H24N4O3. The first-order chi connectivity index (χ1) is 14.5. The lowest BCUT2D eigenvalue weighted by Gasteiger charge is -2.40. The second-order valence-electron chi connectivity index (χ2n) is 7.99. The number of hydrogen-bond acceptors (Lipinski definition) is 4. The number of non-ortho nitro benzene ring substituents is 1. The molecule has 1 heterocycles. The normalized spacial score (nSPS) is 19.2. The molecule has 7 nitrogen and oxygen atoms in total. The lowest BCUT2D eigenvalue weighted by atomic mass is 9.87. The van der Waals surface area contributed by atoms with Crippen LogP contribution in [-0.4, -0.2) is 52.9 Å². The highest BCUT2D eigenvalue weighted by Gasteiger charge is 2.30. The molecule has 154 valence electrons. The third kappa shape index (κ3) is 4.34. The summed E-state index contributed by atoms with van der Waals surface area (Å²) in [4.78, 5) is 30.8. The molecule has 0 radical (unpaired) electrons. The number of piperazine rings is 1. The van der Waals surface area contributed by atoms with Crippen LogP contribution in [0, 0.1) is 16.7 Å². The van der Waals surface area contributed by atoms with E-state index < -0.39 is 4.92 Å². The zero-order valence-electron chi connectivity index (χ0n) is 16.8. The summed E-state index contributed by atoms with van der Waals surface area (Å²) in [6, 6.07) is 12.9. The molecule has 1 aliphatic heterocycles. The van der Waals surface area contributed by atoms with Crippen LogP contribution in [0.15, 0.2) is 42.5 Å². The maximum Gasteiger partial charge on any atom is 0.269 e. The first kappa shape index (κ1) is 20.0. The molecule has 2 aliphatic rings. The van der Waals surface area contributed by atoms with Gasteiger partial charge in [0, 0.05) is 37.8 Å². The number of hydrogen-bond donors (Lipinski definition) is 0. The number of aryl methyl sites for hydroxylation is 1. The van der Waals surface area contributed by atoms with Crippen molar-refractivity contribution in [3.05, 3.63) is 80.7 Å². The summed E-state index contributed by atoms with van der Waals surface area (Å²) < 4.78 is 0. The minimum atomic E-state index is -0.403. The number of amides is 1. The summed E-state index contributed by atoms with van der Waals surface area (Å²) in [5.41, 5.74) is 4.35. The van der Waals surface area contributed by atoms with Crippen molar-refractivity contribution in [3.8, 4) is 0 Å². The second kappa shape index (κ2) is 8.64. The Labute approximate surface area is 175 Å². The van der Waals surface area contributed by atoms with E-state index in [4.69, 9.17) is 6.57 Å². The van der Waals surface area contributed by atoms with Crippen molar-refractivity contribution < 1.29 is 9.72 Å². The highest BCUT2D eigenvalue weighted by Crippen LogP contribution is 2.28. The predicted molar refractivity (Wildman–Crippen MR) is 113 cm³/mol. The summed E-state index contributed by atoms with van der Waals surface area (Å²) in [7, 11) is 0. The molecule has 0 saturated carbocycles. The van der Waals surface area contributed by atoms with Crippen LogP contribution in [0.1, 0.15) is 23.1 Å². The summed E-state index contributed by atoms with van der Waals surface area (Å²) in [6.07, 6.45) is 3.61. The number of benzene rings is 2. The standard InChI is InChI=1S/C23H24N4O3/c1-24-20-6-4-19-15-22(9-5-18(19)14-20)26-13-12-25(23(28)16-26)11-10-17-2-7-21(8-3-17)27(29)30/h2-4,6-8,14,22H,5,9-13,15-16H2. The van der Waals surface area contributed by atoms with Crippen LogP contribution in [0.25, 0.3) is 4.85 Å². The number of fused-ring (bicyclic) bond motifs is 1. The fourth-order valence-corrected chi connectivity index (χ4v) is 4.43. The molecule has 0 spiro atoms. The van der Waals surface area contributed by atoms with Gasteiger partial charge in [0.05, 0.1) is 18.0 Å². The van der Waals surface area contributed by atoms with E-state index in [1.807, 2.05) is 17.0 Å². The molecule has 2 aromatic carbocycles. The fourth-order valence-electron chi connectivity index (χ4n) is 4.43. The average Bonchev–Trinajstić information content (AvgIpc) is 2.77. The minimum absolute atomic E-state index is 0.0859. The van der Waals surface area contributed by atoms with E-state index in [2.05, 4.69) is 15.8 Å². The van der Waals surface area contributed by atoms with E-state index in [0.717, 1.165) is 31.4 Å². The lowest BCUT2D eigenvalue weighted by Crippen LogP contribution is -2.54. The van der Waals surface area contributed by atoms with E-state index in [9.17, 15) is 14.9 Å². The number of rotatable bonds is 5. The third-order valence-electron chi connectivity index (χ3n) is 6.20. The third-order valence-corrected chi connectivity index (χ3v) is 6.20. The Bertz CT molecular complexity index is 996. The van der Waals surface area contributed by atoms with Gasteiger partial charge in [-0.1, -0.05) is 35.9 Å². The van der Waals surface area contributed by atoms with Crippen molar-refractivity contribution in [1.82, 2.24) is 9.80 Å². The van der Waals surface area contributed by atoms with E-state index in [0.29, 0.717) is 37.8 Å². The van der Waals surface area contributed by atoms with Crippen LogP contribution in [0.5, 0.6) is 0 Å². The first-order valence-corrected chi connectivity index (χ1v) is 10.3. The molecule has 0 aromatic heterocycles. The maximum atomic E-state index is 12.7. The van der Waals surface area contributed by atoms with Gasteiger partial charge in [0.2, 0.25) is 5.91 Å². The van der Waals surface area contributed by atoms with Crippen molar-refractivity contribution in [2.45, 2.75) is 31.7 Å². The highest BCUT2D eigenvalue weighted by molar-refractivity contribution is 5.79. The summed E-state index contributed by atoms with van der Waals surface area (Å²) in [5.74, 6) is 0.150. The topological polar surface area (TPSA) is 71.1 Å². The molecule has 30 heavy (non-hydrogen) atoms. The number of carbonyl (C=O) groups excluding carboxylic acids is 1. The van der Waals surface area contributed by atoms with Gasteiger partial charge < -0.3 is 4.90 Å². The Hall–Kier alpha value is -3.24. The second-order valence-corrected chi connectivity index (χ2v) is 7.99. The molecule has 0 N–H and O–H groups in total. The summed E-state index contributed by atoms with van der Waals surface area (Å²) in [6.45, 7) is 9.83. The molecule has 1 saturated heterocycles. The molecule has 1 atom stereocenters. The van der Waals surface area contributed by atoms with Crippen molar-refractivity contribution in [1.29, 1.82) is 0 Å². The zero-order chi connectivity index (χ0) is 21.1. The predicted octanol–water partition coefficient (Wildman–Crippen LogP) is 3.39. The Morgan fingerprint density at radius 2 is 1.93 bits per heavy atom. The lowest BCUT2D eigenvalue weighted by molar-refractivity contribution is -0.384. The van der Waals surface area contributed by atoms with Crippen LogP contribution in [0.2, 0.25) is 0 Å². The molecule has 2 aromatic rings. The van der Waals surface area contributed by atoms with Crippen LogP contribution < -0.4 is 0 Å². The number of carbonyl (C=O) groups is 1. The quantitative estimate of drug-likeness (QED) is 0.435. The largest absolute Gasteiger partial charge is 0.340 e. The van der Waals surface area contributed by atoms with Gasteiger partial charge in [-0.05, 0) is 36.8 Å². The Balaban J connectivity index is 1.30. The summed E-state index contributed by atoms with van der Waals surface area (Å²) in [5, 5.41) is 10.8. The number of nitro groups is 1. The molecule has 1 aliphatic carbocycles. The average molecular weight is 404 g/mol. The Kier molecular flexibility index (Phi) is 5.77. The van der Waals surface area contributed by atoms with Gasteiger partial charge in [0.25, 0.3) is 5.69 Å². The van der Waals surface area contributed by atoms with Crippen molar-refractivity contribution >= 4 is 17.3 Å². The van der Waals surface area contributed by atoms with Crippen molar-refractivity contribution in [2.24, 2.45) is 0 Å². The van der Waals surface area contributed by atoms with Gasteiger partial charge in [-0.15, -0.1) is 0 Å². The summed E-state index contributed by atoms with van der Waals surface area (Å²) >= 11 is 0. The van der Waals surface area contributed by atoms with E-state index in [-0.39, 0.29) is 11.6 Å². The molecule has 1 amide bonds. The minimum Gasteiger partial charge on any atom is -0.340 e. The van der Waals surface area contributed by atoms with Gasteiger partial charge in [-0.3, -0.25) is 19.8 Å². The SMILES string of the molecule is [C-]#[N+]c1ccc2c(c1)CCC(N1CCN(CCc3ccc([N+](=O)[O-])cc3)C(=O)C1)C2. The smallest absolute Gasteiger partial charge is 0.269 e. The zero-order valence-corrected chi connectivity index (χ0v) is 16.8. The van der Waals surface area contributed by atoms with Gasteiger partial charge in [-0.25, -0.2) is 4.85 Å². The molecule has 4 rings (SSSR count). The maximum absolute atomic E-state index is 12.7. The number of nitrogens with zero attached hydrogens (tertiary/aromatic N) is 4. The fraction of sp³-hybridized carbons (Fsp3) is 0.391. The molecule has 7 heteroatoms. The van der Waals surface area contributed by atoms with Crippen LogP contribution in [0.4, 0.5) is 11.4 Å². The molecule has 1 unspecified atom stereocenters. The van der Waals surface area contributed by atoms with E-state index >= 15 is 0 Å². The van der Waals surface area contributed by atoms with E-state index in [1.54, 1.807) is 12.1 Å². The molecule has 1 fully saturated rings. The van der Waals surface area contributed by atoms with Crippen molar-refractivity contribution in [2.75, 3.05) is 26.2 Å². The van der Waals surface area contributed by atoms with Crippen LogP contribution in [0.3, 0.4) is 0 Å². The van der Waals surface area contributed by atoms with Crippen LogP contribution in [-0.2, 0) is 24.1 Å². The first-order valence-electron chi connectivity index (χ1n) is 10.3. The highest BCUT2D eigenvalue weighted by atomic mass is 16.6. The van der Waals surface area contributed by atoms with Crippen LogP contribution >= 0.6 is 0 Å². The molecule has 0 bridgehead atoms. The molecular weight excluding hydrogens is 380 g/mol. The Morgan fingerprint density at radius 3 is 2.63 bits per heavy atom. The van der Waals surface area contributed by atoms with Gasteiger partial charge >= 0.3 is 0 Å². The Morgan fingerprint density at radius 1 is 1.13 bits per heavy atom. The van der Waals surface area contributed by atoms with Gasteiger partial charge in [-0.2, -0.15) is 0 Å². The van der Waals surface area contributed by atoms with Gasteiger partial charge in [0.1, 0.15) is 0 Å². The monoisotopic (exact) mass is 404 g/mol. The number of nitro benzene ring substituents is 1. The van der Waals surface area contributed by atoms with Gasteiger partial charge in [0.15, 0.2) is 5.69 Å². The van der Waals surface area contributed by atoms with E-state index in [1.165, 1.54) is 23.3 Å².